The summed E-state index contributed by atoms with van der Waals surface area (Å²) in [7, 11) is 0. The van der Waals surface area contributed by atoms with E-state index in [-0.39, 0.29) is 18.3 Å². The molecule has 1 fully saturated rings. The molecular weight excluding hydrogens is 280 g/mol. The summed E-state index contributed by atoms with van der Waals surface area (Å²) in [5.74, 6) is -2.79. The number of ether oxygens (including phenoxy) is 1. The lowest BCUT2D eigenvalue weighted by atomic mass is 10.1. The van der Waals surface area contributed by atoms with Gasteiger partial charge in [0.2, 0.25) is 5.43 Å². The predicted molar refractivity (Wildman–Crippen MR) is 69.3 cm³/mol. The number of fused-ring (bicyclic) bond motifs is 2. The molecule has 1 aromatic heterocycles. The summed E-state index contributed by atoms with van der Waals surface area (Å²) in [6, 6.07) is -0.0707. The number of carboxylic acids is 1. The molecule has 0 bridgehead atoms. The maximum Gasteiger partial charge on any atom is 0.341 e. The van der Waals surface area contributed by atoms with Crippen molar-refractivity contribution in [2.75, 3.05) is 6.61 Å². The molecule has 2 N–H and O–H groups in total. The second-order valence-corrected chi connectivity index (χ2v) is 5.20. The normalized spacial score (nSPS) is 24.4. The van der Waals surface area contributed by atoms with E-state index in [0.717, 1.165) is 6.20 Å². The zero-order chi connectivity index (χ0) is 15.3. The Balaban J connectivity index is 2.18. The quantitative estimate of drug-likeness (QED) is 0.745. The van der Waals surface area contributed by atoms with Gasteiger partial charge in [-0.3, -0.25) is 9.59 Å². The second kappa shape index (κ2) is 4.59. The van der Waals surface area contributed by atoms with Gasteiger partial charge in [0, 0.05) is 12.2 Å². The molecule has 0 aliphatic carbocycles. The van der Waals surface area contributed by atoms with Crippen LogP contribution in [-0.4, -0.2) is 50.4 Å². The lowest BCUT2D eigenvalue weighted by Gasteiger charge is -2.44. The van der Waals surface area contributed by atoms with Gasteiger partial charge in [0.1, 0.15) is 5.56 Å². The van der Waals surface area contributed by atoms with Crippen LogP contribution in [0.2, 0.25) is 0 Å². The van der Waals surface area contributed by atoms with Gasteiger partial charge in [-0.25, -0.2) is 4.79 Å². The van der Waals surface area contributed by atoms with E-state index in [1.807, 2.05) is 6.92 Å². The molecule has 1 saturated heterocycles. The number of hydrogen-bond acceptors (Lipinski definition) is 5. The van der Waals surface area contributed by atoms with E-state index in [9.17, 15) is 19.5 Å². The van der Waals surface area contributed by atoms with Crippen LogP contribution in [-0.2, 0) is 11.3 Å². The number of amides is 1. The van der Waals surface area contributed by atoms with Crippen molar-refractivity contribution >= 4 is 11.9 Å². The summed E-state index contributed by atoms with van der Waals surface area (Å²) in [6.07, 6.45) is 1.23. The van der Waals surface area contributed by atoms with Crippen LogP contribution in [0.15, 0.2) is 11.0 Å². The maximum absolute atomic E-state index is 12.5. The van der Waals surface area contributed by atoms with Crippen LogP contribution >= 0.6 is 0 Å². The van der Waals surface area contributed by atoms with Gasteiger partial charge in [-0.1, -0.05) is 0 Å². The molecule has 0 aromatic carbocycles. The molecule has 2 unspecified atom stereocenters. The van der Waals surface area contributed by atoms with Crippen molar-refractivity contribution in [2.24, 2.45) is 0 Å². The van der Waals surface area contributed by atoms with Crippen molar-refractivity contribution in [1.29, 1.82) is 0 Å². The Labute approximate surface area is 119 Å². The van der Waals surface area contributed by atoms with Gasteiger partial charge in [0.05, 0.1) is 13.2 Å². The minimum atomic E-state index is -1.45. The SMILES string of the molecule is CC1CCOC2Cn3cc(C(=O)O)c(=O)c(O)c3C(=O)N12. The monoisotopic (exact) mass is 294 g/mol. The van der Waals surface area contributed by atoms with E-state index in [0.29, 0.717) is 13.0 Å². The zero-order valence-electron chi connectivity index (χ0n) is 11.3. The van der Waals surface area contributed by atoms with Crippen LogP contribution in [0, 0.1) is 0 Å². The Bertz CT molecular complexity index is 695. The number of carboxylic acid groups (broad SMARTS) is 1. The van der Waals surface area contributed by atoms with Gasteiger partial charge in [0.25, 0.3) is 5.91 Å². The van der Waals surface area contributed by atoms with Crippen LogP contribution in [0.5, 0.6) is 5.75 Å². The molecule has 0 radical (unpaired) electrons. The average molecular weight is 294 g/mol. The van der Waals surface area contributed by atoms with Crippen LogP contribution in [0.3, 0.4) is 0 Å². The summed E-state index contributed by atoms with van der Waals surface area (Å²) >= 11 is 0. The molecule has 3 rings (SSSR count). The summed E-state index contributed by atoms with van der Waals surface area (Å²) < 4.78 is 6.81. The molecular formula is C13H14N2O6. The van der Waals surface area contributed by atoms with E-state index in [1.165, 1.54) is 9.47 Å². The fourth-order valence-corrected chi connectivity index (χ4v) is 2.81. The highest BCUT2D eigenvalue weighted by Crippen LogP contribution is 2.29. The highest BCUT2D eigenvalue weighted by Gasteiger charge is 2.40. The number of aromatic nitrogens is 1. The molecule has 1 amide bonds. The Morgan fingerprint density at radius 3 is 2.81 bits per heavy atom. The van der Waals surface area contributed by atoms with Crippen molar-refractivity contribution in [1.82, 2.24) is 9.47 Å². The van der Waals surface area contributed by atoms with Gasteiger partial charge >= 0.3 is 5.97 Å². The Morgan fingerprint density at radius 2 is 2.14 bits per heavy atom. The smallest absolute Gasteiger partial charge is 0.341 e. The molecule has 8 heteroatoms. The molecule has 1 aromatic rings. The van der Waals surface area contributed by atoms with E-state index >= 15 is 0 Å². The van der Waals surface area contributed by atoms with Crippen molar-refractivity contribution in [3.8, 4) is 5.75 Å². The zero-order valence-corrected chi connectivity index (χ0v) is 11.3. The molecule has 0 spiro atoms. The number of hydrogen-bond donors (Lipinski definition) is 2. The Hall–Kier alpha value is -2.35. The fraction of sp³-hybridized carbons (Fsp3) is 0.462. The van der Waals surface area contributed by atoms with E-state index in [2.05, 4.69) is 0 Å². The third-order valence-electron chi connectivity index (χ3n) is 3.91. The molecule has 2 aliphatic rings. The van der Waals surface area contributed by atoms with Crippen molar-refractivity contribution in [3.05, 3.63) is 27.7 Å². The first-order valence-corrected chi connectivity index (χ1v) is 6.55. The number of pyridine rings is 1. The van der Waals surface area contributed by atoms with Crippen LogP contribution in [0.1, 0.15) is 34.2 Å². The third-order valence-corrected chi connectivity index (χ3v) is 3.91. The number of carbonyl (C=O) groups excluding carboxylic acids is 1. The van der Waals surface area contributed by atoms with Crippen LogP contribution in [0.25, 0.3) is 0 Å². The number of carbonyl (C=O) groups is 2. The molecule has 21 heavy (non-hydrogen) atoms. The lowest BCUT2D eigenvalue weighted by molar-refractivity contribution is -0.112. The molecule has 3 heterocycles. The number of aromatic carboxylic acids is 1. The molecule has 8 nitrogen and oxygen atoms in total. The maximum atomic E-state index is 12.5. The van der Waals surface area contributed by atoms with Crippen molar-refractivity contribution in [2.45, 2.75) is 32.2 Å². The molecule has 2 atom stereocenters. The summed E-state index contributed by atoms with van der Waals surface area (Å²) in [5.41, 5.74) is -1.80. The molecule has 0 saturated carbocycles. The third kappa shape index (κ3) is 1.90. The van der Waals surface area contributed by atoms with Gasteiger partial charge < -0.3 is 24.4 Å². The minimum Gasteiger partial charge on any atom is -0.503 e. The summed E-state index contributed by atoms with van der Waals surface area (Å²) in [6.45, 7) is 2.55. The predicted octanol–water partition coefficient (Wildman–Crippen LogP) is -0.157. The van der Waals surface area contributed by atoms with Gasteiger partial charge in [-0.05, 0) is 13.3 Å². The fourth-order valence-electron chi connectivity index (χ4n) is 2.81. The lowest BCUT2D eigenvalue weighted by Crippen LogP contribution is -2.57. The number of rotatable bonds is 1. The first kappa shape index (κ1) is 13.6. The van der Waals surface area contributed by atoms with Gasteiger partial charge in [0.15, 0.2) is 17.7 Å². The van der Waals surface area contributed by atoms with E-state index < -0.39 is 34.8 Å². The number of nitrogens with zero attached hydrogens (tertiary/aromatic N) is 2. The standard InChI is InChI=1S/C13H14N2O6/c1-6-2-3-21-8-5-14-4-7(13(19)20)10(16)11(17)9(14)12(18)15(6)8/h4,6,8,17H,2-3,5H2,1H3,(H,19,20). The van der Waals surface area contributed by atoms with Crippen LogP contribution < -0.4 is 5.43 Å². The summed E-state index contributed by atoms with van der Waals surface area (Å²) in [5, 5.41) is 18.9. The van der Waals surface area contributed by atoms with Crippen LogP contribution in [0.4, 0.5) is 0 Å². The average Bonchev–Trinajstić information content (AvgIpc) is 2.42. The van der Waals surface area contributed by atoms with Gasteiger partial charge in [-0.15, -0.1) is 0 Å². The van der Waals surface area contributed by atoms with Crippen molar-refractivity contribution < 1.29 is 24.5 Å². The van der Waals surface area contributed by atoms with E-state index in [1.54, 1.807) is 0 Å². The minimum absolute atomic E-state index is 0.0707. The van der Waals surface area contributed by atoms with Gasteiger partial charge in [-0.2, -0.15) is 0 Å². The topological polar surface area (TPSA) is 109 Å². The Kier molecular flexibility index (Phi) is 2.98. The summed E-state index contributed by atoms with van der Waals surface area (Å²) in [4.78, 5) is 36.8. The first-order chi connectivity index (χ1) is 9.91. The highest BCUT2D eigenvalue weighted by atomic mass is 16.5. The second-order valence-electron chi connectivity index (χ2n) is 5.20. The molecule has 112 valence electrons. The first-order valence-electron chi connectivity index (χ1n) is 6.55. The largest absolute Gasteiger partial charge is 0.503 e. The highest BCUT2D eigenvalue weighted by molar-refractivity contribution is 5.97. The Morgan fingerprint density at radius 1 is 1.43 bits per heavy atom. The molecule has 2 aliphatic heterocycles. The number of aromatic hydroxyl groups is 1. The van der Waals surface area contributed by atoms with E-state index in [4.69, 9.17) is 9.84 Å². The van der Waals surface area contributed by atoms with Crippen molar-refractivity contribution in [3.63, 3.8) is 0 Å².